The Hall–Kier alpha value is -2.43. The number of benzene rings is 1. The third kappa shape index (κ3) is 1.29. The van der Waals surface area contributed by atoms with E-state index in [-0.39, 0.29) is 23.8 Å². The van der Waals surface area contributed by atoms with Crippen LogP contribution in [0.15, 0.2) is 42.5 Å². The Morgan fingerprint density at radius 3 is 2.30 bits per heavy atom. The number of carbonyl (C=O) groups excluding carboxylic acids is 3. The Kier molecular flexibility index (Phi) is 2.16. The van der Waals surface area contributed by atoms with Gasteiger partial charge >= 0.3 is 0 Å². The number of anilines is 1. The molecule has 20 heavy (non-hydrogen) atoms. The van der Waals surface area contributed by atoms with Gasteiger partial charge < -0.3 is 5.32 Å². The normalized spacial score (nSPS) is 34.4. The Bertz CT molecular complexity index is 652. The van der Waals surface area contributed by atoms with Crippen LogP contribution in [0.1, 0.15) is 0 Å². The number of nitrogens with one attached hydrogen (secondary N) is 1. The van der Waals surface area contributed by atoms with Crippen molar-refractivity contribution in [3.63, 3.8) is 0 Å². The topological polar surface area (TPSA) is 66.5 Å². The van der Waals surface area contributed by atoms with E-state index in [2.05, 4.69) is 5.32 Å². The first-order valence-electron chi connectivity index (χ1n) is 6.60. The lowest BCUT2D eigenvalue weighted by molar-refractivity contribution is -0.137. The van der Waals surface area contributed by atoms with Crippen LogP contribution in [0.3, 0.4) is 0 Å². The van der Waals surface area contributed by atoms with Crippen LogP contribution in [0.2, 0.25) is 0 Å². The highest BCUT2D eigenvalue weighted by Gasteiger charge is 2.59. The van der Waals surface area contributed by atoms with Gasteiger partial charge in [0.25, 0.3) is 0 Å². The molecular formula is C15H12N2O3. The smallest absolute Gasteiger partial charge is 0.240 e. The molecule has 5 rings (SSSR count). The molecule has 1 aliphatic carbocycles. The molecule has 0 aromatic heterocycles. The Labute approximate surface area is 115 Å². The van der Waals surface area contributed by atoms with Gasteiger partial charge in [0.05, 0.1) is 29.5 Å². The summed E-state index contributed by atoms with van der Waals surface area (Å²) in [5.41, 5.74) is 0.573. The first kappa shape index (κ1) is 11.4. The Morgan fingerprint density at radius 1 is 0.900 bits per heavy atom. The maximum Gasteiger partial charge on any atom is 0.240 e. The van der Waals surface area contributed by atoms with Gasteiger partial charge in [0.2, 0.25) is 17.7 Å². The van der Waals surface area contributed by atoms with Gasteiger partial charge in [-0.25, -0.2) is 4.90 Å². The summed E-state index contributed by atoms with van der Waals surface area (Å²) in [5, 5.41) is 2.78. The number of rotatable bonds is 1. The number of hydrogen-bond acceptors (Lipinski definition) is 3. The van der Waals surface area contributed by atoms with E-state index in [1.54, 1.807) is 30.3 Å². The van der Waals surface area contributed by atoms with Crippen molar-refractivity contribution < 1.29 is 14.4 Å². The fourth-order valence-corrected chi connectivity index (χ4v) is 3.43. The third-order valence-electron chi connectivity index (χ3n) is 4.32. The molecule has 2 fully saturated rings. The highest BCUT2D eigenvalue weighted by molar-refractivity contribution is 6.24. The number of para-hydroxylation sites is 1. The molecule has 3 amide bonds. The summed E-state index contributed by atoms with van der Waals surface area (Å²) in [6.45, 7) is 0. The number of imide groups is 1. The highest BCUT2D eigenvalue weighted by atomic mass is 16.2. The minimum absolute atomic E-state index is 0.158. The molecule has 100 valence electrons. The molecule has 3 aliphatic heterocycles. The Morgan fingerprint density at radius 2 is 1.60 bits per heavy atom. The maximum absolute atomic E-state index is 12.6. The first-order chi connectivity index (χ1) is 9.68. The van der Waals surface area contributed by atoms with Gasteiger partial charge in [0, 0.05) is 0 Å². The largest absolute Gasteiger partial charge is 0.349 e. The zero-order valence-corrected chi connectivity index (χ0v) is 10.5. The van der Waals surface area contributed by atoms with Gasteiger partial charge in [0.15, 0.2) is 0 Å². The monoisotopic (exact) mass is 268 g/mol. The summed E-state index contributed by atoms with van der Waals surface area (Å²) in [6.07, 6.45) is 3.58. The van der Waals surface area contributed by atoms with Gasteiger partial charge in [0.1, 0.15) is 0 Å². The predicted molar refractivity (Wildman–Crippen MR) is 70.5 cm³/mol. The molecule has 5 nitrogen and oxygen atoms in total. The number of hydrogen-bond donors (Lipinski definition) is 1. The number of nitrogens with zero attached hydrogens (tertiary/aromatic N) is 1. The molecule has 1 N–H and O–H groups in total. The van der Waals surface area contributed by atoms with Gasteiger partial charge in [-0.15, -0.1) is 0 Å². The van der Waals surface area contributed by atoms with Crippen molar-refractivity contribution in [2.24, 2.45) is 17.8 Å². The van der Waals surface area contributed by atoms with Crippen LogP contribution >= 0.6 is 0 Å². The molecule has 4 atom stereocenters. The molecule has 4 aliphatic rings. The van der Waals surface area contributed by atoms with E-state index in [0.717, 1.165) is 0 Å². The third-order valence-corrected chi connectivity index (χ3v) is 4.32. The molecule has 0 radical (unpaired) electrons. The van der Waals surface area contributed by atoms with E-state index >= 15 is 0 Å². The summed E-state index contributed by atoms with van der Waals surface area (Å²) in [4.78, 5) is 38.2. The van der Waals surface area contributed by atoms with Crippen molar-refractivity contribution in [2.45, 2.75) is 6.04 Å². The fraction of sp³-hybridized carbons (Fsp3) is 0.267. The summed E-state index contributed by atoms with van der Waals surface area (Å²) in [6, 6.07) is 8.51. The van der Waals surface area contributed by atoms with Crippen LogP contribution in [0.25, 0.3) is 0 Å². The fourth-order valence-electron chi connectivity index (χ4n) is 3.43. The van der Waals surface area contributed by atoms with Crippen LogP contribution < -0.4 is 10.2 Å². The van der Waals surface area contributed by atoms with E-state index < -0.39 is 17.8 Å². The van der Waals surface area contributed by atoms with Crippen molar-refractivity contribution >= 4 is 23.4 Å². The maximum atomic E-state index is 12.6. The van der Waals surface area contributed by atoms with Crippen molar-refractivity contribution in [1.82, 2.24) is 5.32 Å². The number of amides is 3. The van der Waals surface area contributed by atoms with Crippen LogP contribution in [0.4, 0.5) is 5.69 Å². The number of carbonyl (C=O) groups is 3. The molecule has 3 heterocycles. The molecule has 2 bridgehead atoms. The molecule has 1 aromatic rings. The molecule has 5 heteroatoms. The average molecular weight is 268 g/mol. The second-order valence-electron chi connectivity index (χ2n) is 5.34. The minimum Gasteiger partial charge on any atom is -0.349 e. The summed E-state index contributed by atoms with van der Waals surface area (Å²) < 4.78 is 0. The van der Waals surface area contributed by atoms with Crippen LogP contribution in [0.5, 0.6) is 0 Å². The van der Waals surface area contributed by atoms with E-state index in [1.165, 1.54) is 4.90 Å². The predicted octanol–water partition coefficient (Wildman–Crippen LogP) is 0.477. The standard InChI is InChI=1S/C15H12N2O3/c18-13-9-6-7-10(16-13)12-11(9)14(19)17(15(12)20)8-4-2-1-3-5-8/h1-7,9-12H,(H,16,18)/t9-,10+,11?,12?/m1/s1. The zero-order chi connectivity index (χ0) is 13.9. The number of piperidine rings is 1. The lowest BCUT2D eigenvalue weighted by Gasteiger charge is -2.38. The van der Waals surface area contributed by atoms with Crippen molar-refractivity contribution in [3.05, 3.63) is 42.5 Å². The number of fused-ring (bicyclic) bond motifs is 1. The SMILES string of the molecule is O=C1N[C@H]2C=C[C@@H]1C1C(=O)N(c3ccccc3)C(=O)C12. The quantitative estimate of drug-likeness (QED) is 0.595. The van der Waals surface area contributed by atoms with Gasteiger partial charge in [-0.2, -0.15) is 0 Å². The first-order valence-corrected chi connectivity index (χ1v) is 6.60. The second kappa shape index (κ2) is 3.79. The van der Waals surface area contributed by atoms with E-state index in [4.69, 9.17) is 0 Å². The molecule has 0 spiro atoms. The second-order valence-corrected chi connectivity index (χ2v) is 5.34. The zero-order valence-electron chi connectivity index (χ0n) is 10.5. The van der Waals surface area contributed by atoms with Crippen LogP contribution in [0, 0.1) is 17.8 Å². The van der Waals surface area contributed by atoms with Crippen LogP contribution in [-0.2, 0) is 14.4 Å². The molecule has 2 saturated heterocycles. The van der Waals surface area contributed by atoms with Gasteiger partial charge in [-0.05, 0) is 12.1 Å². The summed E-state index contributed by atoms with van der Waals surface area (Å²) >= 11 is 0. The average Bonchev–Trinajstić information content (AvgIpc) is 2.74. The van der Waals surface area contributed by atoms with Crippen molar-refractivity contribution in [2.75, 3.05) is 4.90 Å². The lowest BCUT2D eigenvalue weighted by atomic mass is 9.71. The highest BCUT2D eigenvalue weighted by Crippen LogP contribution is 2.43. The summed E-state index contributed by atoms with van der Waals surface area (Å²) in [5.74, 6) is -2.17. The molecule has 0 saturated carbocycles. The summed E-state index contributed by atoms with van der Waals surface area (Å²) in [7, 11) is 0. The van der Waals surface area contributed by atoms with Gasteiger partial charge in [-0.3, -0.25) is 14.4 Å². The van der Waals surface area contributed by atoms with Crippen molar-refractivity contribution in [1.29, 1.82) is 0 Å². The Balaban J connectivity index is 1.79. The van der Waals surface area contributed by atoms with Crippen LogP contribution in [-0.4, -0.2) is 23.8 Å². The van der Waals surface area contributed by atoms with E-state index in [1.807, 2.05) is 12.1 Å². The van der Waals surface area contributed by atoms with E-state index in [0.29, 0.717) is 5.69 Å². The van der Waals surface area contributed by atoms with Gasteiger partial charge in [-0.1, -0.05) is 30.4 Å². The van der Waals surface area contributed by atoms with Crippen molar-refractivity contribution in [3.8, 4) is 0 Å². The molecule has 2 unspecified atom stereocenters. The molecule has 1 aromatic carbocycles. The van der Waals surface area contributed by atoms with E-state index in [9.17, 15) is 14.4 Å². The lowest BCUT2D eigenvalue weighted by Crippen LogP contribution is -2.57. The minimum atomic E-state index is -0.550. The molecular weight excluding hydrogens is 256 g/mol.